The maximum Gasteiger partial charge on any atom is 0.221 e. The topological polar surface area (TPSA) is 34.1 Å². The molecule has 0 N–H and O–H groups in total. The van der Waals surface area contributed by atoms with Crippen LogP contribution in [0.4, 0.5) is 0 Å². The number of allylic oxidation sites excluding steroid dienone is 2. The minimum atomic E-state index is -0.344. The first-order valence-electron chi connectivity index (χ1n) is 3.12. The van der Waals surface area contributed by atoms with E-state index in [2.05, 4.69) is 15.9 Å². The number of fused-ring (bicyclic) bond motifs is 1. The van der Waals surface area contributed by atoms with Crippen LogP contribution < -0.4 is 0 Å². The Hall–Kier alpha value is -0.440. The van der Waals surface area contributed by atoms with Crippen LogP contribution in [0.5, 0.6) is 0 Å². The lowest BCUT2D eigenvalue weighted by molar-refractivity contribution is -0.135. The summed E-state index contributed by atoms with van der Waals surface area (Å²) in [4.78, 5) is 21.9. The van der Waals surface area contributed by atoms with Crippen LogP contribution in [0, 0.1) is 11.8 Å². The lowest BCUT2D eigenvalue weighted by atomic mass is 10.1. The van der Waals surface area contributed by atoms with Gasteiger partial charge in [-0.25, -0.2) is 0 Å². The summed E-state index contributed by atoms with van der Waals surface area (Å²) in [5.41, 5.74) is 0. The van der Waals surface area contributed by atoms with Gasteiger partial charge in [-0.3, -0.25) is 9.59 Å². The van der Waals surface area contributed by atoms with Crippen molar-refractivity contribution in [2.45, 2.75) is 4.83 Å². The quantitative estimate of drug-likeness (QED) is 0.427. The van der Waals surface area contributed by atoms with E-state index in [9.17, 15) is 9.59 Å². The Balaban J connectivity index is 2.33. The van der Waals surface area contributed by atoms with Gasteiger partial charge in [-0.05, 0) is 6.08 Å². The Kier molecular flexibility index (Phi) is 1.12. The normalized spacial score (nSPS) is 43.5. The molecule has 2 aliphatic carbocycles. The number of carbonyl (C=O) groups excluding carboxylic acids is 2. The molecule has 0 heterocycles. The van der Waals surface area contributed by atoms with Gasteiger partial charge in [0.25, 0.3) is 0 Å². The van der Waals surface area contributed by atoms with Crippen LogP contribution in [0.2, 0.25) is 0 Å². The van der Waals surface area contributed by atoms with Gasteiger partial charge in [-0.1, -0.05) is 22.0 Å². The van der Waals surface area contributed by atoms with E-state index in [-0.39, 0.29) is 22.3 Å². The maximum absolute atomic E-state index is 10.9. The number of hydrogen-bond acceptors (Lipinski definition) is 2. The zero-order chi connectivity index (χ0) is 7.30. The Morgan fingerprint density at radius 3 is 2.70 bits per heavy atom. The van der Waals surface area contributed by atoms with Crippen molar-refractivity contribution in [3.63, 3.8) is 0 Å². The third kappa shape index (κ3) is 0.639. The van der Waals surface area contributed by atoms with Crippen LogP contribution in [-0.2, 0) is 9.59 Å². The van der Waals surface area contributed by atoms with Crippen molar-refractivity contribution in [3.8, 4) is 0 Å². The average molecular weight is 201 g/mol. The molecule has 1 fully saturated rings. The Morgan fingerprint density at radius 2 is 2.10 bits per heavy atom. The first-order valence-corrected chi connectivity index (χ1v) is 4.04. The second kappa shape index (κ2) is 1.78. The van der Waals surface area contributed by atoms with Crippen LogP contribution in [0.25, 0.3) is 0 Å². The van der Waals surface area contributed by atoms with E-state index >= 15 is 0 Å². The highest BCUT2D eigenvalue weighted by Gasteiger charge is 2.54. The average Bonchev–Trinajstić information content (AvgIpc) is 2.54. The van der Waals surface area contributed by atoms with E-state index in [1.165, 1.54) is 6.08 Å². The summed E-state index contributed by atoms with van der Waals surface area (Å²) in [6.07, 6.45) is 3.19. The van der Waals surface area contributed by atoms with Gasteiger partial charge in [-0.2, -0.15) is 0 Å². The number of halogens is 1. The largest absolute Gasteiger partial charge is 0.290 e. The molecule has 0 unspecified atom stereocenters. The highest BCUT2D eigenvalue weighted by Crippen LogP contribution is 2.48. The molecule has 0 spiro atoms. The number of rotatable bonds is 0. The first-order chi connectivity index (χ1) is 4.72. The fourth-order valence-electron chi connectivity index (χ4n) is 1.29. The van der Waals surface area contributed by atoms with Crippen molar-refractivity contribution in [1.29, 1.82) is 0 Å². The SMILES string of the molecule is O=C1C=C[C@H]2[C@@H](Br)[C@H]2C1=O. The number of ketones is 2. The van der Waals surface area contributed by atoms with E-state index in [0.717, 1.165) is 0 Å². The van der Waals surface area contributed by atoms with Crippen molar-refractivity contribution in [1.82, 2.24) is 0 Å². The van der Waals surface area contributed by atoms with E-state index < -0.39 is 0 Å². The zero-order valence-electron chi connectivity index (χ0n) is 5.08. The standard InChI is InChI=1S/C7H5BrO2/c8-6-3-1-2-4(9)7(10)5(3)6/h1-3,5-6H/t3-,5+,6-/m1/s1. The molecule has 0 aromatic rings. The lowest BCUT2D eigenvalue weighted by Gasteiger charge is -1.95. The summed E-state index contributed by atoms with van der Waals surface area (Å²) in [6.45, 7) is 0. The third-order valence-electron chi connectivity index (χ3n) is 2.00. The molecule has 0 amide bonds. The van der Waals surface area contributed by atoms with Crippen molar-refractivity contribution in [2.24, 2.45) is 11.8 Å². The van der Waals surface area contributed by atoms with Gasteiger partial charge < -0.3 is 0 Å². The molecule has 2 rings (SSSR count). The molecule has 2 nitrogen and oxygen atoms in total. The summed E-state index contributed by atoms with van der Waals surface area (Å²) >= 11 is 3.32. The molecule has 0 aliphatic heterocycles. The monoisotopic (exact) mass is 200 g/mol. The molecule has 0 saturated heterocycles. The van der Waals surface area contributed by atoms with Crippen LogP contribution in [0.15, 0.2) is 12.2 Å². The number of hydrogen-bond donors (Lipinski definition) is 0. The van der Waals surface area contributed by atoms with E-state index in [4.69, 9.17) is 0 Å². The second-order valence-electron chi connectivity index (χ2n) is 2.64. The number of Topliss-reactive ketones (excluding diaryl/α,β-unsaturated/α-hetero) is 1. The molecule has 0 bridgehead atoms. The van der Waals surface area contributed by atoms with Crippen LogP contribution in [0.3, 0.4) is 0 Å². The van der Waals surface area contributed by atoms with Gasteiger partial charge in [-0.15, -0.1) is 0 Å². The number of alkyl halides is 1. The predicted molar refractivity (Wildman–Crippen MR) is 38.8 cm³/mol. The highest BCUT2D eigenvalue weighted by atomic mass is 79.9. The molecule has 0 aromatic carbocycles. The van der Waals surface area contributed by atoms with Crippen molar-refractivity contribution in [2.75, 3.05) is 0 Å². The van der Waals surface area contributed by atoms with Gasteiger partial charge in [0.05, 0.1) is 0 Å². The van der Waals surface area contributed by atoms with Gasteiger partial charge in [0, 0.05) is 16.7 Å². The summed E-state index contributed by atoms with van der Waals surface area (Å²) in [7, 11) is 0. The van der Waals surface area contributed by atoms with Crippen molar-refractivity contribution >= 4 is 27.5 Å². The molecule has 2 aliphatic rings. The predicted octanol–water partition coefficient (Wildman–Crippen LogP) is 0.704. The molecule has 0 aromatic heterocycles. The van der Waals surface area contributed by atoms with Crippen molar-refractivity contribution < 1.29 is 9.59 Å². The summed E-state index contributed by atoms with van der Waals surface area (Å²) in [6, 6.07) is 0. The lowest BCUT2D eigenvalue weighted by Crippen LogP contribution is -2.17. The fourth-order valence-corrected chi connectivity index (χ4v) is 2.21. The maximum atomic E-state index is 10.9. The molecular weight excluding hydrogens is 196 g/mol. The fraction of sp³-hybridized carbons (Fsp3) is 0.429. The Labute approximate surface area is 66.4 Å². The summed E-state index contributed by atoms with van der Waals surface area (Å²) < 4.78 is 0. The molecule has 3 atom stereocenters. The number of carbonyl (C=O) groups is 2. The zero-order valence-corrected chi connectivity index (χ0v) is 6.67. The summed E-state index contributed by atoms with van der Waals surface area (Å²) in [5, 5.41) is 0. The Bertz CT molecular complexity index is 244. The van der Waals surface area contributed by atoms with E-state index in [1.807, 2.05) is 6.08 Å². The Morgan fingerprint density at radius 1 is 1.40 bits per heavy atom. The van der Waals surface area contributed by atoms with Crippen molar-refractivity contribution in [3.05, 3.63) is 12.2 Å². The highest BCUT2D eigenvalue weighted by molar-refractivity contribution is 9.09. The molecule has 1 saturated carbocycles. The summed E-state index contributed by atoms with van der Waals surface area (Å²) in [5.74, 6) is -0.319. The molecular formula is C7H5BrO2. The molecule has 3 heteroatoms. The van der Waals surface area contributed by atoms with Crippen LogP contribution >= 0.6 is 15.9 Å². The third-order valence-corrected chi connectivity index (χ3v) is 3.18. The van der Waals surface area contributed by atoms with Crippen LogP contribution in [0.1, 0.15) is 0 Å². The molecule has 0 radical (unpaired) electrons. The smallest absolute Gasteiger partial charge is 0.221 e. The van der Waals surface area contributed by atoms with Gasteiger partial charge in [0.15, 0.2) is 0 Å². The van der Waals surface area contributed by atoms with E-state index in [0.29, 0.717) is 5.92 Å². The van der Waals surface area contributed by atoms with E-state index in [1.54, 1.807) is 0 Å². The minimum absolute atomic E-state index is 0.0440. The minimum Gasteiger partial charge on any atom is -0.290 e. The van der Waals surface area contributed by atoms with Crippen LogP contribution in [-0.4, -0.2) is 16.4 Å². The van der Waals surface area contributed by atoms with Gasteiger partial charge >= 0.3 is 0 Å². The second-order valence-corrected chi connectivity index (χ2v) is 3.69. The van der Waals surface area contributed by atoms with Gasteiger partial charge in [0.1, 0.15) is 0 Å². The first kappa shape index (κ1) is 6.28. The molecule has 52 valence electrons. The molecule has 10 heavy (non-hydrogen) atoms. The van der Waals surface area contributed by atoms with Gasteiger partial charge in [0.2, 0.25) is 11.6 Å².